The minimum absolute atomic E-state index is 0.00174. The van der Waals surface area contributed by atoms with Crippen LogP contribution in [0, 0.1) is 11.3 Å². The maximum Gasteiger partial charge on any atom is 0.330 e. The van der Waals surface area contributed by atoms with Gasteiger partial charge in [-0.05, 0) is 57.1 Å². The highest BCUT2D eigenvalue weighted by molar-refractivity contribution is 7.88. The van der Waals surface area contributed by atoms with E-state index in [0.717, 1.165) is 24.2 Å². The number of pyridine rings is 1. The lowest BCUT2D eigenvalue weighted by Crippen LogP contribution is -2.59. The summed E-state index contributed by atoms with van der Waals surface area (Å²) in [5.74, 6) is -1.68. The normalized spacial score (nSPS) is 24.6. The number of carboxylic acids is 1. The molecule has 6 rings (SSSR count). The number of nitrogens with one attached hydrogen (secondary N) is 4. The van der Waals surface area contributed by atoms with Crippen molar-refractivity contribution in [3.05, 3.63) is 41.8 Å². The maximum atomic E-state index is 14.8. The molecule has 6 atom stereocenters. The number of benzene rings is 1. The quantitative estimate of drug-likeness (QED) is 0.152. The van der Waals surface area contributed by atoms with Gasteiger partial charge in [0.2, 0.25) is 21.8 Å². The second-order valence-corrected chi connectivity index (χ2v) is 20.9. The van der Waals surface area contributed by atoms with E-state index in [2.05, 4.69) is 21.3 Å². The van der Waals surface area contributed by atoms with Crippen LogP contribution in [-0.4, -0.2) is 126 Å². The van der Waals surface area contributed by atoms with Crippen LogP contribution in [0.3, 0.4) is 0 Å². The third kappa shape index (κ3) is 10.9. The first-order chi connectivity index (χ1) is 29.2. The Kier molecular flexibility index (Phi) is 14.1. The second kappa shape index (κ2) is 18.8. The van der Waals surface area contributed by atoms with Crippen LogP contribution in [0.15, 0.2) is 41.8 Å². The van der Waals surface area contributed by atoms with E-state index in [1.54, 1.807) is 25.3 Å². The maximum absolute atomic E-state index is 14.8. The molecule has 1 saturated carbocycles. The monoisotopic (exact) mass is 896 g/mol. The van der Waals surface area contributed by atoms with Gasteiger partial charge in [0.1, 0.15) is 40.9 Å². The Bertz CT molecular complexity index is 2290. The van der Waals surface area contributed by atoms with Crippen LogP contribution in [0.25, 0.3) is 22.3 Å². The highest BCUT2D eigenvalue weighted by Gasteiger charge is 2.61. The Morgan fingerprint density at radius 3 is 2.56 bits per heavy atom. The molecule has 2 fully saturated rings. The second-order valence-electron chi connectivity index (χ2n) is 18.0. The fourth-order valence-electron chi connectivity index (χ4n) is 7.85. The number of rotatable bonds is 12. The van der Waals surface area contributed by atoms with Gasteiger partial charge >= 0.3 is 12.0 Å². The number of methoxy groups -OCH3 is 1. The number of fused-ring (bicyclic) bond motifs is 3. The molecule has 5 N–H and O–H groups in total. The van der Waals surface area contributed by atoms with Crippen LogP contribution in [0.5, 0.6) is 11.5 Å². The van der Waals surface area contributed by atoms with Gasteiger partial charge in [-0.15, -0.1) is 11.3 Å². The Labute approximate surface area is 367 Å². The summed E-state index contributed by atoms with van der Waals surface area (Å²) in [6.07, 6.45) is 7.46. The molecular formula is C43H60N8O9S2. The highest BCUT2D eigenvalue weighted by Crippen LogP contribution is 2.45. The largest absolute Gasteiger partial charge is 0.497 e. The van der Waals surface area contributed by atoms with Crippen LogP contribution in [0.1, 0.15) is 79.6 Å². The SMILES string of the molecule is COc1ccc2c(O[C@@H]3C[C@H]4C(=O)N[C@]5(C(=O)O)CC5/C=C\CCCCC[C@H](NC(=O)N[C@H](CN(C)S(C)(=O)=O)C(C)(C)C)C(=O)N4C3)cc(-c3csc(NC(C)C)n3)nc2c1. The molecule has 4 amide bonds. The molecule has 0 spiro atoms. The van der Waals surface area contributed by atoms with Crippen molar-refractivity contribution < 1.29 is 42.2 Å². The molecule has 1 saturated heterocycles. The molecule has 1 aromatic carbocycles. The fourth-order valence-corrected chi connectivity index (χ4v) is 9.12. The number of nitrogens with zero attached hydrogens (tertiary/aromatic N) is 4. The van der Waals surface area contributed by atoms with Crippen molar-refractivity contribution in [3.63, 3.8) is 0 Å². The standard InChI is InChI=1S/C43H60N8O9S2/c1-25(2)44-41-47-33(24-61-41)32-20-35(29-17-16-27(59-7)18-31(29)45-32)60-28-19-34-37(52)49-43(39(54)55)21-26(43)14-12-10-9-11-13-15-30(38(53)51(34)22-28)46-40(56)48-36(42(3,4)5)23-50(6)62(8,57)58/h12,14,16-18,20,24-26,28,30,34,36H,9-11,13,15,19,21-23H2,1-8H3,(H,44,47)(H,49,52)(H,54,55)(H2,46,48,56)/b14-12-/t26?,28-,30+,34+,36-,43-/m1/s1. The topological polar surface area (TPSA) is 221 Å². The fraction of sp³-hybridized carbons (Fsp3) is 0.581. The number of amides is 4. The summed E-state index contributed by atoms with van der Waals surface area (Å²) in [6, 6.07) is 3.86. The van der Waals surface area contributed by atoms with E-state index in [0.29, 0.717) is 46.6 Å². The zero-order valence-electron chi connectivity index (χ0n) is 36.7. The van der Waals surface area contributed by atoms with Gasteiger partial charge in [-0.3, -0.25) is 9.59 Å². The first-order valence-electron chi connectivity index (χ1n) is 21.1. The van der Waals surface area contributed by atoms with Crippen molar-refractivity contribution in [1.82, 2.24) is 35.1 Å². The van der Waals surface area contributed by atoms with Crippen LogP contribution in [-0.2, 0) is 24.4 Å². The van der Waals surface area contributed by atoms with Crippen molar-refractivity contribution in [2.24, 2.45) is 11.3 Å². The lowest BCUT2D eigenvalue weighted by atomic mass is 9.87. The number of hydrogen-bond donors (Lipinski definition) is 5. The van der Waals surface area contributed by atoms with E-state index in [1.165, 1.54) is 27.6 Å². The molecule has 3 aliphatic rings. The van der Waals surface area contributed by atoms with Crippen molar-refractivity contribution in [2.45, 2.75) is 115 Å². The molecule has 1 unspecified atom stereocenters. The average molecular weight is 897 g/mol. The molecular weight excluding hydrogens is 837 g/mol. The number of allylic oxidation sites excluding steroid dienone is 1. The number of sulfonamides is 1. The minimum Gasteiger partial charge on any atom is -0.497 e. The Hall–Kier alpha value is -5.01. The van der Waals surface area contributed by atoms with E-state index in [4.69, 9.17) is 19.4 Å². The number of carbonyl (C=O) groups excluding carboxylic acids is 3. The van der Waals surface area contributed by atoms with Crippen molar-refractivity contribution >= 4 is 61.2 Å². The Morgan fingerprint density at radius 1 is 1.13 bits per heavy atom. The van der Waals surface area contributed by atoms with E-state index in [-0.39, 0.29) is 38.4 Å². The lowest BCUT2D eigenvalue weighted by Gasteiger charge is -2.35. The smallest absolute Gasteiger partial charge is 0.330 e. The molecule has 0 radical (unpaired) electrons. The summed E-state index contributed by atoms with van der Waals surface area (Å²) in [4.78, 5) is 66.7. The van der Waals surface area contributed by atoms with Gasteiger partial charge < -0.3 is 40.7 Å². The molecule has 62 heavy (non-hydrogen) atoms. The summed E-state index contributed by atoms with van der Waals surface area (Å²) in [7, 11) is -0.551. The van der Waals surface area contributed by atoms with Gasteiger partial charge in [0.15, 0.2) is 5.13 Å². The van der Waals surface area contributed by atoms with Crippen molar-refractivity contribution in [2.75, 3.05) is 38.8 Å². The molecule has 19 heteroatoms. The number of aliphatic carboxylic acids is 1. The van der Waals surface area contributed by atoms with Crippen LogP contribution < -0.4 is 30.7 Å². The zero-order chi connectivity index (χ0) is 45.1. The number of carboxylic acid groups (broad SMARTS) is 1. The van der Waals surface area contributed by atoms with E-state index in [9.17, 15) is 32.7 Å². The van der Waals surface area contributed by atoms with Crippen molar-refractivity contribution in [3.8, 4) is 22.9 Å². The number of hydrogen-bond acceptors (Lipinski definition) is 12. The molecule has 17 nitrogen and oxygen atoms in total. The lowest BCUT2D eigenvalue weighted by molar-refractivity contribution is -0.145. The summed E-state index contributed by atoms with van der Waals surface area (Å²) >= 11 is 1.45. The molecule has 2 aromatic heterocycles. The predicted molar refractivity (Wildman–Crippen MR) is 238 cm³/mol. The molecule has 1 aliphatic carbocycles. The first-order valence-corrected chi connectivity index (χ1v) is 23.8. The zero-order valence-corrected chi connectivity index (χ0v) is 38.3. The number of anilines is 1. The average Bonchev–Trinajstić information content (AvgIpc) is 3.46. The van der Waals surface area contributed by atoms with Crippen LogP contribution in [0.2, 0.25) is 0 Å². The van der Waals surface area contributed by atoms with E-state index < -0.39 is 74.9 Å². The number of carbonyl (C=O) groups is 4. The molecule has 338 valence electrons. The molecule has 2 aliphatic heterocycles. The summed E-state index contributed by atoms with van der Waals surface area (Å²) < 4.78 is 38.0. The van der Waals surface area contributed by atoms with Gasteiger partial charge in [0.25, 0.3) is 0 Å². The highest BCUT2D eigenvalue weighted by atomic mass is 32.2. The summed E-state index contributed by atoms with van der Waals surface area (Å²) in [6.45, 7) is 9.64. The van der Waals surface area contributed by atoms with E-state index in [1.807, 2.05) is 58.2 Å². The summed E-state index contributed by atoms with van der Waals surface area (Å²) in [5, 5.41) is 25.5. The molecule has 4 heterocycles. The predicted octanol–water partition coefficient (Wildman–Crippen LogP) is 4.99. The Balaban J connectivity index is 1.33. The van der Waals surface area contributed by atoms with Gasteiger partial charge in [-0.2, -0.15) is 0 Å². The number of aromatic nitrogens is 2. The summed E-state index contributed by atoms with van der Waals surface area (Å²) in [5.41, 5.74) is -0.330. The van der Waals surface area contributed by atoms with Gasteiger partial charge in [-0.25, -0.2) is 32.3 Å². The third-order valence-electron chi connectivity index (χ3n) is 11.7. The third-order valence-corrected chi connectivity index (χ3v) is 13.8. The van der Waals surface area contributed by atoms with E-state index >= 15 is 0 Å². The van der Waals surface area contributed by atoms with Crippen molar-refractivity contribution in [1.29, 1.82) is 0 Å². The Morgan fingerprint density at radius 2 is 1.89 bits per heavy atom. The molecule has 3 aromatic rings. The van der Waals surface area contributed by atoms with Gasteiger partial charge in [-0.1, -0.05) is 45.8 Å². The number of likely N-dealkylation sites (N-methyl/N-ethyl adjacent to an activating group) is 1. The number of ether oxygens (including phenoxy) is 2. The van der Waals surface area contributed by atoms with Crippen LogP contribution in [0.4, 0.5) is 9.93 Å². The van der Waals surface area contributed by atoms with Gasteiger partial charge in [0, 0.05) is 60.9 Å². The minimum atomic E-state index is -3.55. The number of thiazole rings is 1. The molecule has 0 bridgehead atoms. The number of urea groups is 1. The van der Waals surface area contributed by atoms with Crippen LogP contribution >= 0.6 is 11.3 Å². The first kappa shape index (κ1) is 46.5. The van der Waals surface area contributed by atoms with Gasteiger partial charge in [0.05, 0.1) is 31.1 Å².